The molecule has 1 aromatic heterocycles. The molecule has 3 heterocycles. The quantitative estimate of drug-likeness (QED) is 0.842. The normalized spacial score (nSPS) is 23.9. The van der Waals surface area contributed by atoms with Crippen LogP contribution in [0.4, 0.5) is 10.1 Å². The molecule has 154 valence electrons. The van der Waals surface area contributed by atoms with E-state index in [-0.39, 0.29) is 17.6 Å². The molecular weight excluding hydrogens is 367 g/mol. The van der Waals surface area contributed by atoms with Crippen molar-refractivity contribution in [1.82, 2.24) is 14.8 Å². The Kier molecular flexibility index (Phi) is 6.21. The lowest BCUT2D eigenvalue weighted by molar-refractivity contribution is -0.119. The van der Waals surface area contributed by atoms with E-state index in [1.807, 2.05) is 18.3 Å². The van der Waals surface area contributed by atoms with Crippen molar-refractivity contribution in [2.75, 3.05) is 32.0 Å². The van der Waals surface area contributed by atoms with E-state index in [0.29, 0.717) is 17.6 Å². The van der Waals surface area contributed by atoms with Crippen molar-refractivity contribution in [1.29, 1.82) is 0 Å². The van der Waals surface area contributed by atoms with E-state index in [2.05, 4.69) is 33.2 Å². The second-order valence-electron chi connectivity index (χ2n) is 8.37. The maximum atomic E-state index is 13.4. The lowest BCUT2D eigenvalue weighted by Crippen LogP contribution is -2.41. The zero-order valence-corrected chi connectivity index (χ0v) is 16.9. The molecule has 0 bridgehead atoms. The predicted molar refractivity (Wildman–Crippen MR) is 112 cm³/mol. The molecule has 2 atom stereocenters. The monoisotopic (exact) mass is 396 g/mol. The lowest BCUT2D eigenvalue weighted by Gasteiger charge is -2.37. The molecule has 0 aliphatic carbocycles. The number of hydrogen-bond acceptors (Lipinski definition) is 4. The second-order valence-corrected chi connectivity index (χ2v) is 8.37. The summed E-state index contributed by atoms with van der Waals surface area (Å²) < 4.78 is 13.4. The molecule has 2 aliphatic heterocycles. The maximum absolute atomic E-state index is 13.4. The van der Waals surface area contributed by atoms with Crippen LogP contribution in [0, 0.1) is 17.7 Å². The Balaban J connectivity index is 1.28. The molecule has 6 heteroatoms. The Hall–Kier alpha value is -2.31. The van der Waals surface area contributed by atoms with Gasteiger partial charge in [0, 0.05) is 31.0 Å². The van der Waals surface area contributed by atoms with Crippen molar-refractivity contribution in [2.45, 2.75) is 31.8 Å². The highest BCUT2D eigenvalue weighted by molar-refractivity contribution is 5.92. The van der Waals surface area contributed by atoms with Gasteiger partial charge in [0.2, 0.25) is 5.91 Å². The first-order valence-electron chi connectivity index (χ1n) is 10.5. The molecule has 2 aromatic rings. The summed E-state index contributed by atoms with van der Waals surface area (Å²) in [5, 5.41) is 2.88. The van der Waals surface area contributed by atoms with Crippen molar-refractivity contribution in [3.8, 4) is 0 Å². The zero-order chi connectivity index (χ0) is 20.2. The highest BCUT2D eigenvalue weighted by Gasteiger charge is 2.39. The summed E-state index contributed by atoms with van der Waals surface area (Å²) in [6, 6.07) is 12.6. The summed E-state index contributed by atoms with van der Waals surface area (Å²) in [4.78, 5) is 21.9. The largest absolute Gasteiger partial charge is 0.326 e. The average molecular weight is 397 g/mol. The van der Waals surface area contributed by atoms with Crippen molar-refractivity contribution in [3.05, 3.63) is 60.2 Å². The van der Waals surface area contributed by atoms with Crippen LogP contribution in [-0.2, 0) is 11.3 Å². The Bertz CT molecular complexity index is 823. The van der Waals surface area contributed by atoms with Crippen molar-refractivity contribution >= 4 is 11.6 Å². The first kappa shape index (κ1) is 20.0. The number of nitrogens with zero attached hydrogens (tertiary/aromatic N) is 3. The molecule has 1 aromatic carbocycles. The summed E-state index contributed by atoms with van der Waals surface area (Å²) in [6.45, 7) is 3.82. The van der Waals surface area contributed by atoms with Gasteiger partial charge in [-0.05, 0) is 75.6 Å². The van der Waals surface area contributed by atoms with Gasteiger partial charge in [-0.15, -0.1) is 0 Å². The number of amides is 1. The summed E-state index contributed by atoms with van der Waals surface area (Å²) in [7, 11) is 2.13. The van der Waals surface area contributed by atoms with Crippen molar-refractivity contribution in [2.24, 2.45) is 11.8 Å². The highest BCUT2D eigenvalue weighted by atomic mass is 19.1. The Morgan fingerprint density at radius 1 is 1.21 bits per heavy atom. The third-order valence-electron chi connectivity index (χ3n) is 6.35. The van der Waals surface area contributed by atoms with Gasteiger partial charge in [0.1, 0.15) is 5.82 Å². The lowest BCUT2D eigenvalue weighted by atomic mass is 9.86. The van der Waals surface area contributed by atoms with Crippen LogP contribution in [0.15, 0.2) is 48.7 Å². The van der Waals surface area contributed by atoms with E-state index in [1.165, 1.54) is 12.1 Å². The Morgan fingerprint density at radius 3 is 2.76 bits per heavy atom. The number of benzene rings is 1. The molecule has 5 nitrogen and oxygen atoms in total. The molecule has 2 unspecified atom stereocenters. The molecule has 4 rings (SSSR count). The number of nitrogens with one attached hydrogen (secondary N) is 1. The standard InChI is InChI=1S/C23H29FN4O/c1-27-15-18(23(29)26-20-7-4-5-19(24)14-20)13-22(27)17-8-11-28(12-9-17)16-21-6-2-3-10-25-21/h2-7,10,14,17-18,22H,8-9,11-13,15-16H2,1H3,(H,26,29). The topological polar surface area (TPSA) is 48.5 Å². The summed E-state index contributed by atoms with van der Waals surface area (Å²) in [6.07, 6.45) is 5.04. The SMILES string of the molecule is CN1CC(C(=O)Nc2cccc(F)c2)CC1C1CCN(Cc2ccccn2)CC1. The van der Waals surface area contributed by atoms with Crippen LogP contribution in [0.5, 0.6) is 0 Å². The van der Waals surface area contributed by atoms with Crippen LogP contribution in [-0.4, -0.2) is 53.4 Å². The summed E-state index contributed by atoms with van der Waals surface area (Å²) in [5.74, 6) is 0.242. The van der Waals surface area contributed by atoms with Gasteiger partial charge in [0.25, 0.3) is 0 Å². The molecule has 0 radical (unpaired) electrons. The van der Waals surface area contributed by atoms with Crippen LogP contribution >= 0.6 is 0 Å². The van der Waals surface area contributed by atoms with E-state index < -0.39 is 0 Å². The minimum Gasteiger partial charge on any atom is -0.326 e. The van der Waals surface area contributed by atoms with Crippen LogP contribution in [0.25, 0.3) is 0 Å². The van der Waals surface area contributed by atoms with Crippen molar-refractivity contribution < 1.29 is 9.18 Å². The zero-order valence-electron chi connectivity index (χ0n) is 16.9. The predicted octanol–water partition coefficient (Wildman–Crippen LogP) is 3.39. The van der Waals surface area contributed by atoms with E-state index in [0.717, 1.165) is 51.1 Å². The van der Waals surface area contributed by atoms with Crippen LogP contribution in [0.1, 0.15) is 25.0 Å². The molecular formula is C23H29FN4O. The number of rotatable bonds is 5. The Morgan fingerprint density at radius 2 is 2.03 bits per heavy atom. The first-order chi connectivity index (χ1) is 14.1. The van der Waals surface area contributed by atoms with Gasteiger partial charge in [-0.1, -0.05) is 12.1 Å². The fourth-order valence-electron chi connectivity index (χ4n) is 4.80. The van der Waals surface area contributed by atoms with Gasteiger partial charge in [-0.2, -0.15) is 0 Å². The molecule has 2 aliphatic rings. The molecule has 2 fully saturated rings. The summed E-state index contributed by atoms with van der Waals surface area (Å²) in [5.41, 5.74) is 1.65. The average Bonchev–Trinajstić information content (AvgIpc) is 3.11. The minimum atomic E-state index is -0.332. The number of likely N-dealkylation sites (tertiary alicyclic amines) is 2. The highest BCUT2D eigenvalue weighted by Crippen LogP contribution is 2.33. The van der Waals surface area contributed by atoms with Gasteiger partial charge in [0.15, 0.2) is 0 Å². The number of carbonyl (C=O) groups is 1. The van der Waals surface area contributed by atoms with Gasteiger partial charge in [0.05, 0.1) is 11.6 Å². The fourth-order valence-corrected chi connectivity index (χ4v) is 4.80. The number of pyridine rings is 1. The van der Waals surface area contributed by atoms with Gasteiger partial charge < -0.3 is 10.2 Å². The van der Waals surface area contributed by atoms with Gasteiger partial charge >= 0.3 is 0 Å². The van der Waals surface area contributed by atoms with E-state index >= 15 is 0 Å². The van der Waals surface area contributed by atoms with Crippen molar-refractivity contribution in [3.63, 3.8) is 0 Å². The first-order valence-corrected chi connectivity index (χ1v) is 10.5. The summed E-state index contributed by atoms with van der Waals surface area (Å²) >= 11 is 0. The fraction of sp³-hybridized carbons (Fsp3) is 0.478. The molecule has 0 saturated carbocycles. The number of aromatic nitrogens is 1. The van der Waals surface area contributed by atoms with E-state index in [1.54, 1.807) is 12.1 Å². The van der Waals surface area contributed by atoms with E-state index in [9.17, 15) is 9.18 Å². The Labute approximate surface area is 171 Å². The number of piperidine rings is 1. The maximum Gasteiger partial charge on any atom is 0.228 e. The molecule has 1 N–H and O–H groups in total. The smallest absolute Gasteiger partial charge is 0.228 e. The third-order valence-corrected chi connectivity index (χ3v) is 6.35. The number of hydrogen-bond donors (Lipinski definition) is 1. The van der Waals surface area contributed by atoms with Crippen LogP contribution in [0.2, 0.25) is 0 Å². The number of anilines is 1. The second kappa shape index (κ2) is 9.01. The molecule has 1 amide bonds. The number of halogens is 1. The molecule has 0 spiro atoms. The minimum absolute atomic E-state index is 0.00228. The molecule has 29 heavy (non-hydrogen) atoms. The van der Waals surface area contributed by atoms with Crippen LogP contribution < -0.4 is 5.32 Å². The van der Waals surface area contributed by atoms with Gasteiger partial charge in [-0.3, -0.25) is 14.7 Å². The molecule has 2 saturated heterocycles. The van der Waals surface area contributed by atoms with Crippen LogP contribution in [0.3, 0.4) is 0 Å². The van der Waals surface area contributed by atoms with Gasteiger partial charge in [-0.25, -0.2) is 4.39 Å². The third kappa shape index (κ3) is 5.00. The number of carbonyl (C=O) groups excluding carboxylic acids is 1. The van der Waals surface area contributed by atoms with E-state index in [4.69, 9.17) is 0 Å².